The van der Waals surface area contributed by atoms with Gasteiger partial charge in [-0.05, 0) is 99.7 Å². The molecule has 4 nitrogen and oxygen atoms in total. The second-order valence-corrected chi connectivity index (χ2v) is 16.7. The van der Waals surface area contributed by atoms with E-state index in [1.54, 1.807) is 0 Å². The molecule has 0 amide bonds. The molecule has 5 heteroatoms. The predicted molar refractivity (Wildman–Crippen MR) is 258 cm³/mol. The number of thiophene rings is 1. The van der Waals surface area contributed by atoms with Crippen molar-refractivity contribution in [2.24, 2.45) is 0 Å². The molecule has 0 fully saturated rings. The first-order valence-electron chi connectivity index (χ1n) is 20.6. The van der Waals surface area contributed by atoms with Gasteiger partial charge in [0.25, 0.3) is 5.78 Å². The fourth-order valence-electron chi connectivity index (χ4n) is 9.52. The van der Waals surface area contributed by atoms with Gasteiger partial charge in [-0.3, -0.25) is 0 Å². The van der Waals surface area contributed by atoms with Crippen LogP contribution in [0.5, 0.6) is 0 Å². The lowest BCUT2D eigenvalue weighted by Crippen LogP contribution is -2.10. The van der Waals surface area contributed by atoms with Crippen LogP contribution in [-0.4, -0.2) is 0 Å². The number of furan rings is 2. The van der Waals surface area contributed by atoms with Crippen molar-refractivity contribution in [2.45, 2.75) is 0 Å². The van der Waals surface area contributed by atoms with Gasteiger partial charge in [0.05, 0.1) is 21.5 Å². The molecule has 0 atom stereocenters. The molecule has 0 radical (unpaired) electrons. The van der Waals surface area contributed by atoms with Gasteiger partial charge in [-0.15, -0.1) is 11.3 Å². The molecular formula is C56H34N2O2S. The number of benzene rings is 10. The van der Waals surface area contributed by atoms with E-state index >= 15 is 0 Å². The first-order chi connectivity index (χ1) is 30.2. The molecule has 286 valence electrons. The fraction of sp³-hybridized carbons (Fsp3) is 0. The zero-order chi connectivity index (χ0) is 40.0. The van der Waals surface area contributed by atoms with Crippen LogP contribution in [0.3, 0.4) is 0 Å². The maximum Gasteiger partial charge on any atom is 0.299 e. The molecule has 3 heterocycles. The Balaban J connectivity index is 0.976. The van der Waals surface area contributed by atoms with E-state index in [1.165, 1.54) is 52.5 Å². The molecule has 61 heavy (non-hydrogen) atoms. The third-order valence-corrected chi connectivity index (χ3v) is 13.5. The van der Waals surface area contributed by atoms with E-state index in [-0.39, 0.29) is 0 Å². The number of para-hydroxylation sites is 2. The van der Waals surface area contributed by atoms with Gasteiger partial charge in [-0.2, -0.15) is 0 Å². The van der Waals surface area contributed by atoms with Crippen LogP contribution in [0.15, 0.2) is 215 Å². The normalized spacial score (nSPS) is 11.9. The van der Waals surface area contributed by atoms with E-state index in [2.05, 4.69) is 216 Å². The van der Waals surface area contributed by atoms with Gasteiger partial charge in [0.1, 0.15) is 11.2 Å². The van der Waals surface area contributed by atoms with Crippen molar-refractivity contribution in [1.29, 1.82) is 0 Å². The number of rotatable bonds is 6. The van der Waals surface area contributed by atoms with Crippen molar-refractivity contribution in [3.63, 3.8) is 0 Å². The lowest BCUT2D eigenvalue weighted by Gasteiger charge is -2.27. The van der Waals surface area contributed by atoms with Crippen LogP contribution in [0.25, 0.3) is 85.6 Å². The molecule has 0 saturated heterocycles. The van der Waals surface area contributed by atoms with Crippen molar-refractivity contribution >= 4 is 131 Å². The summed E-state index contributed by atoms with van der Waals surface area (Å²) >= 11 is 1.83. The molecule has 0 unspecified atom stereocenters. The quantitative estimate of drug-likeness (QED) is 0.157. The summed E-state index contributed by atoms with van der Waals surface area (Å²) in [6.07, 6.45) is 0. The lowest BCUT2D eigenvalue weighted by atomic mass is 9.96. The Bertz CT molecular complexity index is 3850. The van der Waals surface area contributed by atoms with Crippen molar-refractivity contribution < 1.29 is 8.83 Å². The summed E-state index contributed by atoms with van der Waals surface area (Å²) in [6.45, 7) is 0. The highest BCUT2D eigenvalue weighted by Crippen LogP contribution is 2.48. The molecule has 0 aliphatic carbocycles. The van der Waals surface area contributed by atoms with Crippen molar-refractivity contribution in [3.05, 3.63) is 206 Å². The molecule has 0 saturated carbocycles. The highest BCUT2D eigenvalue weighted by Gasteiger charge is 2.23. The van der Waals surface area contributed by atoms with Gasteiger partial charge >= 0.3 is 0 Å². The molecule has 13 aromatic rings. The summed E-state index contributed by atoms with van der Waals surface area (Å²) in [5.41, 5.74) is 7.99. The van der Waals surface area contributed by atoms with Gasteiger partial charge in [0, 0.05) is 60.4 Å². The summed E-state index contributed by atoms with van der Waals surface area (Å²) in [7, 11) is 0. The topological polar surface area (TPSA) is 32.8 Å². The zero-order valence-electron chi connectivity index (χ0n) is 32.7. The lowest BCUT2D eigenvalue weighted by molar-refractivity contribution is 0.524. The van der Waals surface area contributed by atoms with Crippen molar-refractivity contribution in [3.8, 4) is 0 Å². The monoisotopic (exact) mass is 798 g/mol. The van der Waals surface area contributed by atoms with Gasteiger partial charge in [-0.25, -0.2) is 0 Å². The Morgan fingerprint density at radius 1 is 0.328 bits per heavy atom. The predicted octanol–water partition coefficient (Wildman–Crippen LogP) is 17.1. The van der Waals surface area contributed by atoms with Crippen LogP contribution in [0.1, 0.15) is 0 Å². The van der Waals surface area contributed by atoms with E-state index in [4.69, 9.17) is 8.83 Å². The largest absolute Gasteiger partial charge is 0.425 e. The average molecular weight is 799 g/mol. The Kier molecular flexibility index (Phi) is 7.44. The van der Waals surface area contributed by atoms with E-state index in [0.717, 1.165) is 61.4 Å². The Morgan fingerprint density at radius 3 is 1.74 bits per heavy atom. The number of hydrogen-bond donors (Lipinski definition) is 0. The number of anilines is 6. The van der Waals surface area contributed by atoms with E-state index in [9.17, 15) is 0 Å². The third-order valence-electron chi connectivity index (χ3n) is 12.2. The number of fused-ring (bicyclic) bond motifs is 13. The van der Waals surface area contributed by atoms with Crippen LogP contribution >= 0.6 is 11.3 Å². The highest BCUT2D eigenvalue weighted by molar-refractivity contribution is 7.26. The van der Waals surface area contributed by atoms with Crippen LogP contribution in [-0.2, 0) is 0 Å². The maximum atomic E-state index is 6.63. The summed E-state index contributed by atoms with van der Waals surface area (Å²) in [5, 5.41) is 12.9. The second kappa shape index (κ2) is 13.3. The van der Waals surface area contributed by atoms with E-state index < -0.39 is 0 Å². The van der Waals surface area contributed by atoms with Crippen LogP contribution < -0.4 is 9.80 Å². The molecule has 0 aliphatic rings. The standard InChI is InChI=1S/C56H34N2O2S/c1-3-14-36(15-4-1)57(49-22-11-20-41-43-28-25-35-13-7-8-18-40(35)42(43)30-31-44(41)49)38-27-32-51-48(33-38)54-47-29-26-39(34-52(47)60-56(54)59-51)58(37-16-5-2-6-17-37)50-23-12-21-46-45-19-9-10-24-53(45)61-55(46)50/h1-34H. The Hall–Kier alpha value is -7.86. The molecular weight excluding hydrogens is 765 g/mol. The molecule has 0 spiro atoms. The second-order valence-electron chi connectivity index (χ2n) is 15.6. The Labute approximate surface area is 354 Å². The highest BCUT2D eigenvalue weighted by atomic mass is 32.1. The summed E-state index contributed by atoms with van der Waals surface area (Å²) < 4.78 is 15.7. The third kappa shape index (κ3) is 5.24. The molecule has 0 N–H and O–H groups in total. The fourth-order valence-corrected chi connectivity index (χ4v) is 10.7. The minimum absolute atomic E-state index is 0.521. The molecule has 0 aliphatic heterocycles. The van der Waals surface area contributed by atoms with Crippen LogP contribution in [0, 0.1) is 0 Å². The van der Waals surface area contributed by atoms with Crippen molar-refractivity contribution in [1.82, 2.24) is 0 Å². The van der Waals surface area contributed by atoms with Gasteiger partial charge in [0.15, 0.2) is 0 Å². The molecule has 3 aromatic heterocycles. The minimum atomic E-state index is 0.521. The van der Waals surface area contributed by atoms with Crippen molar-refractivity contribution in [2.75, 3.05) is 9.80 Å². The molecule has 0 bridgehead atoms. The molecule has 13 rings (SSSR count). The number of nitrogens with zero attached hydrogens (tertiary/aromatic N) is 2. The minimum Gasteiger partial charge on any atom is -0.425 e. The van der Waals surface area contributed by atoms with Crippen LogP contribution in [0.2, 0.25) is 0 Å². The summed E-state index contributed by atoms with van der Waals surface area (Å²) in [6, 6.07) is 73.9. The summed E-state index contributed by atoms with van der Waals surface area (Å²) in [5.74, 6) is 0.521. The maximum absolute atomic E-state index is 6.63. The molecule has 10 aromatic carbocycles. The number of hydrogen-bond acceptors (Lipinski definition) is 5. The Morgan fingerprint density at radius 2 is 0.902 bits per heavy atom. The first-order valence-corrected chi connectivity index (χ1v) is 21.4. The van der Waals surface area contributed by atoms with Gasteiger partial charge in [0.2, 0.25) is 0 Å². The van der Waals surface area contributed by atoms with E-state index in [1.807, 2.05) is 11.3 Å². The smallest absolute Gasteiger partial charge is 0.299 e. The summed E-state index contributed by atoms with van der Waals surface area (Å²) in [4.78, 5) is 4.70. The van der Waals surface area contributed by atoms with Gasteiger partial charge in [-0.1, -0.05) is 127 Å². The SMILES string of the molecule is c1ccc(N(c2ccc3oc4oc5cc(N(c6ccccc6)c6cccc7c6sc6ccccc67)ccc5c4c3c2)c2cccc3c2ccc2c4ccccc4ccc32)cc1. The van der Waals surface area contributed by atoms with Gasteiger partial charge < -0.3 is 18.6 Å². The average Bonchev–Trinajstić information content (AvgIpc) is 4.00. The van der Waals surface area contributed by atoms with Crippen LogP contribution in [0.4, 0.5) is 34.1 Å². The zero-order valence-corrected chi connectivity index (χ0v) is 33.6. The first kappa shape index (κ1) is 34.0. The van der Waals surface area contributed by atoms with E-state index in [0.29, 0.717) is 5.78 Å².